The summed E-state index contributed by atoms with van der Waals surface area (Å²) < 4.78 is 0. The van der Waals surface area contributed by atoms with Gasteiger partial charge in [-0.1, -0.05) is 35.9 Å². The number of phenolic OH excluding ortho intramolecular Hbond substituents is 1. The second-order valence-electron chi connectivity index (χ2n) is 6.15. The Bertz CT molecular complexity index is 691. The van der Waals surface area contributed by atoms with Crippen molar-refractivity contribution in [1.82, 2.24) is 10.2 Å². The van der Waals surface area contributed by atoms with Crippen molar-refractivity contribution in [3.8, 4) is 5.75 Å². The first kappa shape index (κ1) is 14.1. The number of hydrogen-bond acceptors (Lipinski definition) is 3. The van der Waals surface area contributed by atoms with E-state index in [2.05, 4.69) is 34.5 Å². The van der Waals surface area contributed by atoms with Crippen LogP contribution in [-0.2, 0) is 19.5 Å². The van der Waals surface area contributed by atoms with E-state index in [1.54, 1.807) is 12.1 Å². The molecule has 3 nitrogen and oxygen atoms in total. The Morgan fingerprint density at radius 2 is 1.86 bits per heavy atom. The number of halogens is 1. The van der Waals surface area contributed by atoms with Crippen LogP contribution in [0.2, 0.25) is 5.02 Å². The fraction of sp³-hybridized carbons (Fsp3) is 0.333. The maximum absolute atomic E-state index is 10.3. The molecule has 4 rings (SSSR count). The van der Waals surface area contributed by atoms with Crippen molar-refractivity contribution >= 4 is 11.6 Å². The van der Waals surface area contributed by atoms with Crippen LogP contribution in [-0.4, -0.2) is 23.1 Å². The van der Waals surface area contributed by atoms with Gasteiger partial charge in [-0.15, -0.1) is 0 Å². The van der Waals surface area contributed by atoms with Gasteiger partial charge in [0.2, 0.25) is 0 Å². The van der Waals surface area contributed by atoms with Gasteiger partial charge in [0.05, 0.1) is 0 Å². The molecule has 0 amide bonds. The summed E-state index contributed by atoms with van der Waals surface area (Å²) in [4.78, 5) is 2.43. The fourth-order valence-corrected chi connectivity index (χ4v) is 3.95. The third kappa shape index (κ3) is 2.39. The lowest BCUT2D eigenvalue weighted by atomic mass is 9.93. The average Bonchev–Trinajstić information content (AvgIpc) is 2.93. The summed E-state index contributed by atoms with van der Waals surface area (Å²) in [6, 6.07) is 12.2. The highest BCUT2D eigenvalue weighted by Gasteiger charge is 2.28. The van der Waals surface area contributed by atoms with Crippen LogP contribution >= 0.6 is 11.6 Å². The van der Waals surface area contributed by atoms with Crippen molar-refractivity contribution in [3.05, 3.63) is 63.7 Å². The van der Waals surface area contributed by atoms with Gasteiger partial charge in [0.15, 0.2) is 0 Å². The van der Waals surface area contributed by atoms with Gasteiger partial charge < -0.3 is 10.4 Å². The monoisotopic (exact) mass is 314 g/mol. The summed E-state index contributed by atoms with van der Waals surface area (Å²) >= 11 is 6.32. The summed E-state index contributed by atoms with van der Waals surface area (Å²) in [5, 5.41) is 14.6. The van der Waals surface area contributed by atoms with Gasteiger partial charge in [-0.2, -0.15) is 0 Å². The Balaban J connectivity index is 1.58. The van der Waals surface area contributed by atoms with Gasteiger partial charge in [0.25, 0.3) is 0 Å². The molecule has 2 aliphatic heterocycles. The van der Waals surface area contributed by atoms with Gasteiger partial charge in [-0.25, -0.2) is 0 Å². The molecule has 0 saturated carbocycles. The maximum Gasteiger partial charge on any atom is 0.120 e. The van der Waals surface area contributed by atoms with Crippen molar-refractivity contribution < 1.29 is 5.11 Å². The van der Waals surface area contributed by atoms with Gasteiger partial charge in [0.1, 0.15) is 5.75 Å². The van der Waals surface area contributed by atoms with Crippen LogP contribution in [0.3, 0.4) is 0 Å². The number of nitrogens with zero attached hydrogens (tertiary/aromatic N) is 1. The fourth-order valence-electron chi connectivity index (χ4n) is 3.69. The molecule has 4 heteroatoms. The molecule has 114 valence electrons. The zero-order valence-electron chi connectivity index (χ0n) is 12.3. The summed E-state index contributed by atoms with van der Waals surface area (Å²) in [7, 11) is 0. The highest BCUT2D eigenvalue weighted by atomic mass is 35.5. The van der Waals surface area contributed by atoms with Crippen molar-refractivity contribution in [2.75, 3.05) is 13.1 Å². The SMILES string of the molecule is Oc1ccc(Cl)c2c1[C@@H](CN1Cc3ccccc3C1)NCC2. The molecule has 2 aromatic rings. The normalized spacial score (nSPS) is 20.7. The highest BCUT2D eigenvalue weighted by Crippen LogP contribution is 2.36. The Hall–Kier alpha value is -1.55. The molecule has 2 N–H and O–H groups in total. The van der Waals surface area contributed by atoms with Crippen LogP contribution in [0.1, 0.15) is 28.3 Å². The standard InChI is InChI=1S/C18H19ClN2O/c19-15-5-6-17(22)18-14(15)7-8-20-16(18)11-21-9-12-3-1-2-4-13(12)10-21/h1-6,16,20,22H,7-11H2/t16-/m1/s1. The van der Waals surface area contributed by atoms with Gasteiger partial charge in [-0.05, 0) is 41.8 Å². The van der Waals surface area contributed by atoms with Crippen LogP contribution in [0.5, 0.6) is 5.75 Å². The second kappa shape index (κ2) is 5.58. The van der Waals surface area contributed by atoms with Crippen LogP contribution in [0.4, 0.5) is 0 Å². The predicted octanol–water partition coefficient (Wildman–Crippen LogP) is 3.25. The van der Waals surface area contributed by atoms with Crippen LogP contribution in [0.15, 0.2) is 36.4 Å². The third-order valence-electron chi connectivity index (χ3n) is 4.74. The first-order valence-electron chi connectivity index (χ1n) is 7.75. The predicted molar refractivity (Wildman–Crippen MR) is 88.1 cm³/mol. The highest BCUT2D eigenvalue weighted by molar-refractivity contribution is 6.31. The maximum atomic E-state index is 10.3. The minimum atomic E-state index is 0.136. The van der Waals surface area contributed by atoms with Crippen LogP contribution < -0.4 is 5.32 Å². The summed E-state index contributed by atoms with van der Waals surface area (Å²) in [6.07, 6.45) is 0.874. The van der Waals surface area contributed by atoms with E-state index in [0.29, 0.717) is 5.75 Å². The molecule has 2 aromatic carbocycles. The second-order valence-corrected chi connectivity index (χ2v) is 6.56. The Morgan fingerprint density at radius 3 is 2.59 bits per heavy atom. The lowest BCUT2D eigenvalue weighted by Crippen LogP contribution is -2.37. The molecule has 0 bridgehead atoms. The van der Waals surface area contributed by atoms with Crippen molar-refractivity contribution in [1.29, 1.82) is 0 Å². The summed E-state index contributed by atoms with van der Waals surface area (Å²) in [5.41, 5.74) is 4.90. The van der Waals surface area contributed by atoms with Crippen molar-refractivity contribution in [3.63, 3.8) is 0 Å². The van der Waals surface area contributed by atoms with E-state index in [1.807, 2.05) is 0 Å². The molecule has 0 aliphatic carbocycles. The van der Waals surface area contributed by atoms with E-state index >= 15 is 0 Å². The average molecular weight is 315 g/mol. The zero-order valence-corrected chi connectivity index (χ0v) is 13.1. The Labute approximate surface area is 135 Å². The van der Waals surface area contributed by atoms with E-state index in [1.165, 1.54) is 11.1 Å². The molecular formula is C18H19ClN2O. The first-order chi connectivity index (χ1) is 10.7. The molecule has 0 unspecified atom stereocenters. The minimum Gasteiger partial charge on any atom is -0.508 e. The molecule has 2 aliphatic rings. The molecule has 22 heavy (non-hydrogen) atoms. The van der Waals surface area contributed by atoms with Gasteiger partial charge >= 0.3 is 0 Å². The lowest BCUT2D eigenvalue weighted by Gasteiger charge is -2.31. The number of benzene rings is 2. The molecule has 0 spiro atoms. The van der Waals surface area contributed by atoms with E-state index in [4.69, 9.17) is 11.6 Å². The summed E-state index contributed by atoms with van der Waals surface area (Å²) in [6.45, 7) is 3.74. The van der Waals surface area contributed by atoms with Crippen molar-refractivity contribution in [2.24, 2.45) is 0 Å². The molecule has 0 saturated heterocycles. The minimum absolute atomic E-state index is 0.136. The zero-order chi connectivity index (χ0) is 15.1. The number of fused-ring (bicyclic) bond motifs is 2. The quantitative estimate of drug-likeness (QED) is 0.893. The Kier molecular flexibility index (Phi) is 3.57. The van der Waals surface area contributed by atoms with Crippen LogP contribution in [0, 0.1) is 0 Å². The summed E-state index contributed by atoms with van der Waals surface area (Å²) in [5.74, 6) is 0.355. The van der Waals surface area contributed by atoms with Crippen LogP contribution in [0.25, 0.3) is 0 Å². The largest absolute Gasteiger partial charge is 0.508 e. The van der Waals surface area contributed by atoms with Gasteiger partial charge in [-0.3, -0.25) is 4.90 Å². The smallest absolute Gasteiger partial charge is 0.120 e. The number of nitrogens with one attached hydrogen (secondary N) is 1. The molecule has 0 aromatic heterocycles. The third-order valence-corrected chi connectivity index (χ3v) is 5.09. The van der Waals surface area contributed by atoms with E-state index in [0.717, 1.165) is 48.7 Å². The first-order valence-corrected chi connectivity index (χ1v) is 8.13. The molecular weight excluding hydrogens is 296 g/mol. The van der Waals surface area contributed by atoms with E-state index in [9.17, 15) is 5.11 Å². The van der Waals surface area contributed by atoms with Gasteiger partial charge in [0, 0.05) is 36.3 Å². The molecule has 0 radical (unpaired) electrons. The van der Waals surface area contributed by atoms with E-state index in [-0.39, 0.29) is 6.04 Å². The molecule has 2 heterocycles. The number of hydrogen-bond donors (Lipinski definition) is 2. The number of rotatable bonds is 2. The van der Waals surface area contributed by atoms with E-state index < -0.39 is 0 Å². The Morgan fingerprint density at radius 1 is 1.14 bits per heavy atom. The molecule has 0 fully saturated rings. The molecule has 1 atom stereocenters. The number of aromatic hydroxyl groups is 1. The topological polar surface area (TPSA) is 35.5 Å². The number of phenols is 1. The lowest BCUT2D eigenvalue weighted by molar-refractivity contribution is 0.242. The van der Waals surface area contributed by atoms with Crippen molar-refractivity contribution in [2.45, 2.75) is 25.6 Å².